The molecule has 0 aliphatic rings. The molecule has 4 heteroatoms. The van der Waals surface area contributed by atoms with E-state index in [1.54, 1.807) is 16.0 Å². The van der Waals surface area contributed by atoms with Crippen LogP contribution < -0.4 is 5.32 Å². The molecule has 0 bridgehead atoms. The van der Waals surface area contributed by atoms with Gasteiger partial charge in [-0.15, -0.1) is 11.3 Å². The molecule has 17 heavy (non-hydrogen) atoms. The van der Waals surface area contributed by atoms with Crippen LogP contribution in [0.3, 0.4) is 0 Å². The fourth-order valence-corrected chi connectivity index (χ4v) is 2.83. The molecule has 0 aliphatic heterocycles. The van der Waals surface area contributed by atoms with Crippen molar-refractivity contribution in [2.75, 3.05) is 5.32 Å². The Hall–Kier alpha value is -1.81. The number of benzene rings is 1. The predicted octanol–water partition coefficient (Wildman–Crippen LogP) is 3.25. The molecular weight excluding hydrogens is 230 g/mol. The molecule has 0 aliphatic carbocycles. The molecule has 0 saturated heterocycles. The van der Waals surface area contributed by atoms with Gasteiger partial charge in [-0.05, 0) is 22.4 Å². The summed E-state index contributed by atoms with van der Waals surface area (Å²) in [5, 5.41) is 11.2. The van der Waals surface area contributed by atoms with Gasteiger partial charge in [-0.25, -0.2) is 0 Å². The van der Waals surface area contributed by atoms with E-state index in [-0.39, 0.29) is 0 Å². The van der Waals surface area contributed by atoms with Crippen molar-refractivity contribution in [3.8, 4) is 0 Å². The highest BCUT2D eigenvalue weighted by Gasteiger charge is 2.03. The lowest BCUT2D eigenvalue weighted by molar-refractivity contribution is 0.768. The van der Waals surface area contributed by atoms with Crippen LogP contribution in [0.5, 0.6) is 0 Å². The Labute approximate surface area is 104 Å². The topological polar surface area (TPSA) is 29.9 Å². The van der Waals surface area contributed by atoms with Crippen molar-refractivity contribution in [1.29, 1.82) is 0 Å². The first-order valence-electron chi connectivity index (χ1n) is 5.51. The molecule has 3 nitrogen and oxygen atoms in total. The van der Waals surface area contributed by atoms with Gasteiger partial charge in [-0.3, -0.25) is 4.68 Å². The van der Waals surface area contributed by atoms with Gasteiger partial charge in [0.2, 0.25) is 0 Å². The zero-order chi connectivity index (χ0) is 11.7. The number of hydrogen-bond acceptors (Lipinski definition) is 3. The van der Waals surface area contributed by atoms with Gasteiger partial charge < -0.3 is 5.32 Å². The van der Waals surface area contributed by atoms with Crippen LogP contribution in [-0.4, -0.2) is 9.78 Å². The molecule has 0 spiro atoms. The summed E-state index contributed by atoms with van der Waals surface area (Å²) in [6.07, 6.45) is 1.94. The highest BCUT2D eigenvalue weighted by atomic mass is 32.1. The number of aryl methyl sites for hydroxylation is 1. The largest absolute Gasteiger partial charge is 0.364 e. The fourth-order valence-electron chi connectivity index (χ4n) is 1.86. The molecule has 0 saturated carbocycles. The first-order chi connectivity index (χ1) is 8.33. The van der Waals surface area contributed by atoms with Gasteiger partial charge in [-0.2, -0.15) is 5.10 Å². The summed E-state index contributed by atoms with van der Waals surface area (Å²) in [4.78, 5) is 0. The highest BCUT2D eigenvalue weighted by molar-refractivity contribution is 7.17. The van der Waals surface area contributed by atoms with E-state index in [1.807, 2.05) is 19.3 Å². The molecule has 86 valence electrons. The van der Waals surface area contributed by atoms with Gasteiger partial charge in [0.05, 0.1) is 0 Å². The van der Waals surface area contributed by atoms with E-state index in [0.29, 0.717) is 0 Å². The molecule has 3 rings (SSSR count). The van der Waals surface area contributed by atoms with E-state index >= 15 is 0 Å². The number of anilines is 1. The van der Waals surface area contributed by atoms with Crippen molar-refractivity contribution in [2.45, 2.75) is 6.54 Å². The van der Waals surface area contributed by atoms with Gasteiger partial charge in [0.15, 0.2) is 0 Å². The van der Waals surface area contributed by atoms with Gasteiger partial charge in [0.25, 0.3) is 0 Å². The molecule has 0 amide bonds. The zero-order valence-electron chi connectivity index (χ0n) is 9.55. The first kappa shape index (κ1) is 10.4. The van der Waals surface area contributed by atoms with E-state index in [0.717, 1.165) is 12.4 Å². The van der Waals surface area contributed by atoms with E-state index in [4.69, 9.17) is 0 Å². The van der Waals surface area contributed by atoms with Crippen LogP contribution in [0.2, 0.25) is 0 Å². The summed E-state index contributed by atoms with van der Waals surface area (Å²) < 4.78 is 3.14. The summed E-state index contributed by atoms with van der Waals surface area (Å²) in [6.45, 7) is 0.820. The summed E-state index contributed by atoms with van der Waals surface area (Å²) in [7, 11) is 1.92. The summed E-state index contributed by atoms with van der Waals surface area (Å²) in [6, 6.07) is 10.5. The summed E-state index contributed by atoms with van der Waals surface area (Å²) in [5.74, 6) is 0.919. The standard InChI is InChI=1S/C13H13N3S/c1-16-7-6-13(15-16)14-8-10-9-17-12-5-3-2-4-11(10)12/h2-7,9H,8H2,1H3,(H,14,15). The van der Waals surface area contributed by atoms with Crippen LogP contribution >= 0.6 is 11.3 Å². The van der Waals surface area contributed by atoms with E-state index < -0.39 is 0 Å². The fraction of sp³-hybridized carbons (Fsp3) is 0.154. The van der Waals surface area contributed by atoms with Gasteiger partial charge in [-0.1, -0.05) is 18.2 Å². The summed E-state index contributed by atoms with van der Waals surface area (Å²) >= 11 is 1.79. The monoisotopic (exact) mass is 243 g/mol. The number of nitrogens with one attached hydrogen (secondary N) is 1. The predicted molar refractivity (Wildman–Crippen MR) is 72.4 cm³/mol. The Morgan fingerprint density at radius 2 is 2.18 bits per heavy atom. The van der Waals surface area contributed by atoms with E-state index in [9.17, 15) is 0 Å². The average molecular weight is 243 g/mol. The molecule has 2 aromatic heterocycles. The SMILES string of the molecule is Cn1ccc(NCc2csc3ccccc23)n1. The maximum Gasteiger partial charge on any atom is 0.148 e. The van der Waals surface area contributed by atoms with Gasteiger partial charge in [0.1, 0.15) is 5.82 Å². The van der Waals surface area contributed by atoms with Crippen LogP contribution in [0.4, 0.5) is 5.82 Å². The number of thiophene rings is 1. The first-order valence-corrected chi connectivity index (χ1v) is 6.39. The minimum atomic E-state index is 0.820. The Morgan fingerprint density at radius 3 is 3.00 bits per heavy atom. The highest BCUT2D eigenvalue weighted by Crippen LogP contribution is 2.25. The molecule has 1 N–H and O–H groups in total. The van der Waals surface area contributed by atoms with Crippen molar-refractivity contribution in [3.63, 3.8) is 0 Å². The second-order valence-corrected chi connectivity index (χ2v) is 4.90. The van der Waals surface area contributed by atoms with Crippen molar-refractivity contribution in [2.24, 2.45) is 7.05 Å². The Morgan fingerprint density at radius 1 is 1.29 bits per heavy atom. The van der Waals surface area contributed by atoms with Gasteiger partial charge >= 0.3 is 0 Å². The Bertz CT molecular complexity index is 639. The number of aromatic nitrogens is 2. The second kappa shape index (κ2) is 4.22. The molecule has 0 atom stereocenters. The minimum Gasteiger partial charge on any atom is -0.364 e. The van der Waals surface area contributed by atoms with Crippen LogP contribution in [-0.2, 0) is 13.6 Å². The maximum absolute atomic E-state index is 4.30. The quantitative estimate of drug-likeness (QED) is 0.765. The summed E-state index contributed by atoms with van der Waals surface area (Å²) in [5.41, 5.74) is 1.33. The maximum atomic E-state index is 4.30. The number of nitrogens with zero attached hydrogens (tertiary/aromatic N) is 2. The lowest BCUT2D eigenvalue weighted by atomic mass is 10.2. The molecule has 0 radical (unpaired) electrons. The minimum absolute atomic E-state index is 0.820. The average Bonchev–Trinajstić information content (AvgIpc) is 2.93. The van der Waals surface area contributed by atoms with Crippen LogP contribution in [0, 0.1) is 0 Å². The normalized spacial score (nSPS) is 10.9. The number of hydrogen-bond donors (Lipinski definition) is 1. The third-order valence-electron chi connectivity index (χ3n) is 2.73. The van der Waals surface area contributed by atoms with E-state index in [1.165, 1.54) is 15.6 Å². The van der Waals surface area contributed by atoms with E-state index in [2.05, 4.69) is 40.1 Å². The van der Waals surface area contributed by atoms with Crippen LogP contribution in [0.1, 0.15) is 5.56 Å². The number of rotatable bonds is 3. The van der Waals surface area contributed by atoms with Crippen LogP contribution in [0.25, 0.3) is 10.1 Å². The Balaban J connectivity index is 1.81. The third kappa shape index (κ3) is 2.03. The number of fused-ring (bicyclic) bond motifs is 1. The molecule has 2 heterocycles. The molecule has 3 aromatic rings. The molecule has 0 unspecified atom stereocenters. The van der Waals surface area contributed by atoms with Crippen molar-refractivity contribution in [3.05, 3.63) is 47.5 Å². The zero-order valence-corrected chi connectivity index (χ0v) is 10.4. The Kier molecular flexibility index (Phi) is 2.57. The molecule has 0 fully saturated rings. The lowest BCUT2D eigenvalue weighted by Gasteiger charge is -2.01. The van der Waals surface area contributed by atoms with Gasteiger partial charge in [0, 0.05) is 30.6 Å². The smallest absolute Gasteiger partial charge is 0.148 e. The van der Waals surface area contributed by atoms with Crippen LogP contribution in [0.15, 0.2) is 41.9 Å². The second-order valence-electron chi connectivity index (χ2n) is 3.99. The third-order valence-corrected chi connectivity index (χ3v) is 3.75. The lowest BCUT2D eigenvalue weighted by Crippen LogP contribution is -2.00. The molecule has 1 aromatic carbocycles. The van der Waals surface area contributed by atoms with Crippen molar-refractivity contribution < 1.29 is 0 Å². The molecular formula is C13H13N3S. The van der Waals surface area contributed by atoms with Crippen molar-refractivity contribution in [1.82, 2.24) is 9.78 Å². The van der Waals surface area contributed by atoms with Crippen molar-refractivity contribution >= 4 is 27.2 Å².